The fourth-order valence-electron chi connectivity index (χ4n) is 3.79. The number of nitrogens with one attached hydrogen (secondary N) is 1. The van der Waals surface area contributed by atoms with Crippen molar-refractivity contribution in [3.8, 4) is 5.75 Å². The van der Waals surface area contributed by atoms with Crippen LogP contribution in [0.25, 0.3) is 0 Å². The van der Waals surface area contributed by atoms with Gasteiger partial charge in [-0.15, -0.1) is 0 Å². The highest BCUT2D eigenvalue weighted by molar-refractivity contribution is 5.80. The zero-order valence-corrected chi connectivity index (χ0v) is 13.7. The standard InChI is InChI=1S/C20H21NO3/c1-23-20(22)19-17(13-5-3-2-4-6-13)18(19)14-7-8-16-15(11-14)12-21-9-10-24-16/h2-8,11,17-19,21H,9-10,12H2,1H3. The summed E-state index contributed by atoms with van der Waals surface area (Å²) in [6, 6.07) is 16.5. The van der Waals surface area contributed by atoms with Gasteiger partial charge in [-0.05, 0) is 17.2 Å². The molecular formula is C20H21NO3. The number of hydrogen-bond acceptors (Lipinski definition) is 4. The summed E-state index contributed by atoms with van der Waals surface area (Å²) in [6.07, 6.45) is 0. The van der Waals surface area contributed by atoms with Crippen LogP contribution in [0.1, 0.15) is 28.5 Å². The minimum Gasteiger partial charge on any atom is -0.492 e. The number of fused-ring (bicyclic) bond motifs is 1. The normalized spacial score (nSPS) is 25.1. The number of esters is 1. The fourth-order valence-corrected chi connectivity index (χ4v) is 3.79. The molecule has 0 saturated heterocycles. The number of hydrogen-bond donors (Lipinski definition) is 1. The molecule has 2 aliphatic rings. The highest BCUT2D eigenvalue weighted by Gasteiger charge is 2.57. The molecule has 2 aromatic carbocycles. The van der Waals surface area contributed by atoms with E-state index in [1.807, 2.05) is 24.3 Å². The third kappa shape index (κ3) is 2.67. The molecule has 0 aromatic heterocycles. The van der Waals surface area contributed by atoms with Crippen LogP contribution < -0.4 is 10.1 Å². The first-order chi connectivity index (χ1) is 11.8. The van der Waals surface area contributed by atoms with Crippen molar-refractivity contribution in [3.63, 3.8) is 0 Å². The van der Waals surface area contributed by atoms with Gasteiger partial charge in [0.2, 0.25) is 0 Å². The lowest BCUT2D eigenvalue weighted by molar-refractivity contribution is -0.142. The van der Waals surface area contributed by atoms with Gasteiger partial charge in [-0.3, -0.25) is 4.79 Å². The molecule has 0 bridgehead atoms. The summed E-state index contributed by atoms with van der Waals surface area (Å²) in [7, 11) is 1.47. The summed E-state index contributed by atoms with van der Waals surface area (Å²) in [5.74, 6) is 1.08. The first-order valence-electron chi connectivity index (χ1n) is 8.38. The van der Waals surface area contributed by atoms with Gasteiger partial charge >= 0.3 is 5.97 Å². The van der Waals surface area contributed by atoms with Crippen molar-refractivity contribution in [2.24, 2.45) is 5.92 Å². The third-order valence-corrected chi connectivity index (χ3v) is 5.00. The first kappa shape index (κ1) is 15.2. The van der Waals surface area contributed by atoms with Gasteiger partial charge in [0, 0.05) is 30.5 Å². The zero-order valence-electron chi connectivity index (χ0n) is 13.7. The number of rotatable bonds is 3. The third-order valence-electron chi connectivity index (χ3n) is 5.00. The van der Waals surface area contributed by atoms with Gasteiger partial charge in [0.05, 0.1) is 13.0 Å². The van der Waals surface area contributed by atoms with Crippen molar-refractivity contribution in [1.29, 1.82) is 0 Å². The number of carbonyl (C=O) groups excluding carboxylic acids is 1. The Balaban J connectivity index is 1.67. The van der Waals surface area contributed by atoms with Gasteiger partial charge in [0.15, 0.2) is 0 Å². The average molecular weight is 323 g/mol. The van der Waals surface area contributed by atoms with Gasteiger partial charge in [-0.2, -0.15) is 0 Å². The summed E-state index contributed by atoms with van der Waals surface area (Å²) in [5.41, 5.74) is 3.54. The molecular weight excluding hydrogens is 302 g/mol. The van der Waals surface area contributed by atoms with Crippen LogP contribution in [0.15, 0.2) is 48.5 Å². The van der Waals surface area contributed by atoms with Crippen LogP contribution in [0.4, 0.5) is 0 Å². The van der Waals surface area contributed by atoms with Gasteiger partial charge in [-0.1, -0.05) is 42.5 Å². The SMILES string of the molecule is COC(=O)C1C(c2ccccc2)C1c1ccc2c(c1)CNCCO2. The highest BCUT2D eigenvalue weighted by Crippen LogP contribution is 2.61. The summed E-state index contributed by atoms with van der Waals surface area (Å²) in [4.78, 5) is 12.2. The van der Waals surface area contributed by atoms with E-state index in [1.165, 1.54) is 18.2 Å². The molecule has 4 nitrogen and oxygen atoms in total. The Bertz CT molecular complexity index is 744. The molecule has 4 heteroatoms. The maximum absolute atomic E-state index is 12.2. The van der Waals surface area contributed by atoms with E-state index in [1.54, 1.807) is 0 Å². The van der Waals surface area contributed by atoms with Gasteiger partial charge < -0.3 is 14.8 Å². The van der Waals surface area contributed by atoms with Crippen molar-refractivity contribution < 1.29 is 14.3 Å². The molecule has 0 amide bonds. The fraction of sp³-hybridized carbons (Fsp3) is 0.350. The van der Waals surface area contributed by atoms with Crippen LogP contribution >= 0.6 is 0 Å². The van der Waals surface area contributed by atoms with E-state index < -0.39 is 0 Å². The Labute approximate surface area is 141 Å². The number of carbonyl (C=O) groups is 1. The molecule has 3 unspecified atom stereocenters. The van der Waals surface area contributed by atoms with Crippen molar-refractivity contribution in [2.75, 3.05) is 20.3 Å². The Morgan fingerprint density at radius 2 is 1.92 bits per heavy atom. The van der Waals surface area contributed by atoms with Crippen LogP contribution in [0.5, 0.6) is 5.75 Å². The van der Waals surface area contributed by atoms with Crippen molar-refractivity contribution in [3.05, 3.63) is 65.2 Å². The molecule has 1 heterocycles. The first-order valence-corrected chi connectivity index (χ1v) is 8.38. The maximum Gasteiger partial charge on any atom is 0.309 e. The molecule has 0 radical (unpaired) electrons. The summed E-state index contributed by atoms with van der Waals surface area (Å²) in [5, 5.41) is 3.36. The molecule has 1 aliphatic carbocycles. The Morgan fingerprint density at radius 1 is 1.12 bits per heavy atom. The predicted octanol–water partition coefficient (Wildman–Crippen LogP) is 2.84. The molecule has 3 atom stereocenters. The number of methoxy groups -OCH3 is 1. The zero-order chi connectivity index (χ0) is 16.5. The topological polar surface area (TPSA) is 47.6 Å². The summed E-state index contributed by atoms with van der Waals surface area (Å²) >= 11 is 0. The molecule has 2 aromatic rings. The second-order valence-electron chi connectivity index (χ2n) is 6.40. The molecule has 1 aliphatic heterocycles. The van der Waals surface area contributed by atoms with Gasteiger partial charge in [0.1, 0.15) is 12.4 Å². The molecule has 0 spiro atoms. The monoisotopic (exact) mass is 323 g/mol. The molecule has 24 heavy (non-hydrogen) atoms. The van der Waals surface area contributed by atoms with Crippen LogP contribution in [0, 0.1) is 5.92 Å². The van der Waals surface area contributed by atoms with E-state index in [0.717, 1.165) is 24.4 Å². The van der Waals surface area contributed by atoms with E-state index in [-0.39, 0.29) is 23.7 Å². The summed E-state index contributed by atoms with van der Waals surface area (Å²) in [6.45, 7) is 2.34. The number of ether oxygens (including phenoxy) is 2. The average Bonchev–Trinajstić information content (AvgIpc) is 3.41. The predicted molar refractivity (Wildman–Crippen MR) is 91.1 cm³/mol. The van der Waals surface area contributed by atoms with Crippen molar-refractivity contribution in [2.45, 2.75) is 18.4 Å². The minimum absolute atomic E-state index is 0.102. The Hall–Kier alpha value is -2.33. The van der Waals surface area contributed by atoms with E-state index in [4.69, 9.17) is 9.47 Å². The number of benzene rings is 2. The van der Waals surface area contributed by atoms with Crippen molar-refractivity contribution in [1.82, 2.24) is 5.32 Å². The highest BCUT2D eigenvalue weighted by atomic mass is 16.5. The van der Waals surface area contributed by atoms with Gasteiger partial charge in [-0.25, -0.2) is 0 Å². The summed E-state index contributed by atoms with van der Waals surface area (Å²) < 4.78 is 10.8. The minimum atomic E-state index is -0.127. The van der Waals surface area contributed by atoms with E-state index in [2.05, 4.69) is 29.6 Å². The van der Waals surface area contributed by atoms with Gasteiger partial charge in [0.25, 0.3) is 0 Å². The molecule has 1 fully saturated rings. The van der Waals surface area contributed by atoms with Crippen LogP contribution in [0.2, 0.25) is 0 Å². The molecule has 1 N–H and O–H groups in total. The maximum atomic E-state index is 12.2. The van der Waals surface area contributed by atoms with E-state index >= 15 is 0 Å². The van der Waals surface area contributed by atoms with Crippen LogP contribution in [-0.4, -0.2) is 26.2 Å². The Morgan fingerprint density at radius 3 is 2.71 bits per heavy atom. The molecule has 1 saturated carbocycles. The molecule has 4 rings (SSSR count). The van der Waals surface area contributed by atoms with Crippen molar-refractivity contribution >= 4 is 5.97 Å². The lowest BCUT2D eigenvalue weighted by atomic mass is 10.0. The Kier molecular flexibility index (Phi) is 3.98. The molecule has 124 valence electrons. The second kappa shape index (κ2) is 6.29. The van der Waals surface area contributed by atoms with E-state index in [0.29, 0.717) is 6.61 Å². The second-order valence-corrected chi connectivity index (χ2v) is 6.40. The van der Waals surface area contributed by atoms with E-state index in [9.17, 15) is 4.79 Å². The van der Waals surface area contributed by atoms with Crippen LogP contribution in [-0.2, 0) is 16.1 Å². The lowest BCUT2D eigenvalue weighted by Crippen LogP contribution is -2.16. The quantitative estimate of drug-likeness (QED) is 0.883. The smallest absolute Gasteiger partial charge is 0.309 e. The largest absolute Gasteiger partial charge is 0.492 e. The van der Waals surface area contributed by atoms with Crippen LogP contribution in [0.3, 0.4) is 0 Å². The lowest BCUT2D eigenvalue weighted by Gasteiger charge is -2.09.